The molecule has 0 unspecified atom stereocenters. The van der Waals surface area contributed by atoms with E-state index in [4.69, 9.17) is 0 Å². The summed E-state index contributed by atoms with van der Waals surface area (Å²) >= 11 is 3.57. The van der Waals surface area contributed by atoms with E-state index in [2.05, 4.69) is 76.6 Å². The summed E-state index contributed by atoms with van der Waals surface area (Å²) in [5.74, 6) is 0. The van der Waals surface area contributed by atoms with Gasteiger partial charge < -0.3 is 0 Å². The van der Waals surface area contributed by atoms with Crippen LogP contribution < -0.4 is 0 Å². The Balaban J connectivity index is 2.34. The molecule has 1 aliphatic carbocycles. The second-order valence-electron chi connectivity index (χ2n) is 4.71. The van der Waals surface area contributed by atoms with Crippen LogP contribution in [0, 0.1) is 6.08 Å². The van der Waals surface area contributed by atoms with E-state index in [0.29, 0.717) is 0 Å². The fourth-order valence-electron chi connectivity index (χ4n) is 2.82. The number of allylic oxidation sites excluding steroid dienone is 2. The Labute approximate surface area is 120 Å². The molecule has 0 amide bonds. The lowest BCUT2D eigenvalue weighted by atomic mass is 9.89. The first-order valence-corrected chi connectivity index (χ1v) is 7.04. The van der Waals surface area contributed by atoms with E-state index in [-0.39, 0.29) is 0 Å². The number of hydrogen-bond acceptors (Lipinski definition) is 0. The van der Waals surface area contributed by atoms with Crippen LogP contribution >= 0.6 is 15.9 Å². The van der Waals surface area contributed by atoms with Gasteiger partial charge >= 0.3 is 0 Å². The zero-order valence-electron chi connectivity index (χ0n) is 10.2. The quantitative estimate of drug-likeness (QED) is 0.375. The minimum Gasteiger partial charge on any atom is -0.0616 e. The van der Waals surface area contributed by atoms with Crippen molar-refractivity contribution < 1.29 is 0 Å². The molecule has 3 aromatic carbocycles. The van der Waals surface area contributed by atoms with Gasteiger partial charge in [-0.3, -0.25) is 0 Å². The third-order valence-corrected chi connectivity index (χ3v) is 4.14. The maximum absolute atomic E-state index is 3.57. The van der Waals surface area contributed by atoms with Gasteiger partial charge in [0, 0.05) is 26.7 Å². The van der Waals surface area contributed by atoms with E-state index in [0.717, 1.165) is 4.47 Å². The molecule has 4 rings (SSSR count). The number of rotatable bonds is 0. The third kappa shape index (κ3) is 1.56. The van der Waals surface area contributed by atoms with Crippen molar-refractivity contribution in [2.45, 2.75) is 0 Å². The predicted octanol–water partition coefficient (Wildman–Crippen LogP) is 5.60. The van der Waals surface area contributed by atoms with E-state index < -0.39 is 0 Å². The summed E-state index contributed by atoms with van der Waals surface area (Å²) in [6, 6.07) is 15.1. The first kappa shape index (κ1) is 10.9. The highest BCUT2D eigenvalue weighted by Gasteiger charge is 2.18. The summed E-state index contributed by atoms with van der Waals surface area (Å²) in [4.78, 5) is 0. The summed E-state index contributed by atoms with van der Waals surface area (Å²) in [6.07, 6.45) is 9.41. The van der Waals surface area contributed by atoms with Crippen molar-refractivity contribution in [3.05, 3.63) is 70.2 Å². The van der Waals surface area contributed by atoms with E-state index in [9.17, 15) is 0 Å². The highest BCUT2D eigenvalue weighted by molar-refractivity contribution is 9.10. The largest absolute Gasteiger partial charge is 0.111 e. The van der Waals surface area contributed by atoms with Gasteiger partial charge in [0.25, 0.3) is 0 Å². The van der Waals surface area contributed by atoms with E-state index in [1.165, 1.54) is 32.7 Å². The molecule has 0 N–H and O–H groups in total. The molecule has 0 atom stereocenters. The standard InChI is InChI=1S/C18H10Br/c19-12-9-10-17-15-7-2-1-5-13(15)14-6-3-4-8-16(14)18(17)11-12/h1-3,5-11H/q+1. The average Bonchev–Trinajstić information content (AvgIpc) is 2.47. The molecule has 19 heavy (non-hydrogen) atoms. The van der Waals surface area contributed by atoms with Crippen LogP contribution in [-0.4, -0.2) is 0 Å². The van der Waals surface area contributed by atoms with Crippen molar-refractivity contribution in [2.75, 3.05) is 0 Å². The molecule has 0 spiro atoms. The average molecular weight is 306 g/mol. The maximum Gasteiger partial charge on any atom is 0.111 e. The van der Waals surface area contributed by atoms with Crippen LogP contribution in [0.1, 0.15) is 11.1 Å². The molecule has 0 nitrogen and oxygen atoms in total. The van der Waals surface area contributed by atoms with Gasteiger partial charge in [0.2, 0.25) is 0 Å². The van der Waals surface area contributed by atoms with Crippen LogP contribution in [0.5, 0.6) is 0 Å². The molecular formula is C18H10Br+. The molecule has 0 radical (unpaired) electrons. The fourth-order valence-corrected chi connectivity index (χ4v) is 3.18. The second-order valence-corrected chi connectivity index (χ2v) is 5.62. The van der Waals surface area contributed by atoms with Crippen molar-refractivity contribution >= 4 is 49.6 Å². The zero-order chi connectivity index (χ0) is 12.8. The zero-order valence-corrected chi connectivity index (χ0v) is 11.7. The molecular weight excluding hydrogens is 296 g/mol. The van der Waals surface area contributed by atoms with Gasteiger partial charge in [-0.15, -0.1) is 0 Å². The van der Waals surface area contributed by atoms with Crippen molar-refractivity contribution in [1.82, 2.24) is 0 Å². The van der Waals surface area contributed by atoms with E-state index in [1.54, 1.807) is 0 Å². The van der Waals surface area contributed by atoms with Gasteiger partial charge in [-0.1, -0.05) is 46.3 Å². The monoisotopic (exact) mass is 305 g/mol. The molecule has 0 bridgehead atoms. The summed E-state index contributed by atoms with van der Waals surface area (Å²) in [7, 11) is 0. The highest BCUT2D eigenvalue weighted by Crippen LogP contribution is 2.36. The summed E-state index contributed by atoms with van der Waals surface area (Å²) in [5, 5.41) is 5.19. The van der Waals surface area contributed by atoms with Crippen molar-refractivity contribution in [2.24, 2.45) is 0 Å². The lowest BCUT2D eigenvalue weighted by Crippen LogP contribution is -1.91. The molecule has 0 saturated heterocycles. The Morgan fingerprint density at radius 3 is 2.47 bits per heavy atom. The number of fused-ring (bicyclic) bond motifs is 6. The van der Waals surface area contributed by atoms with Gasteiger partial charge in [0.15, 0.2) is 0 Å². The molecule has 0 aromatic heterocycles. The SMILES string of the molecule is Brc1ccc2c(c1)c1c(c3ccccc32)C=C[C+]=C1. The van der Waals surface area contributed by atoms with Crippen LogP contribution in [0.2, 0.25) is 0 Å². The molecule has 0 fully saturated rings. The molecule has 0 aliphatic heterocycles. The normalized spacial score (nSPS) is 12.7. The van der Waals surface area contributed by atoms with Gasteiger partial charge in [-0.2, -0.15) is 0 Å². The Hall–Kier alpha value is -1.95. The Kier molecular flexibility index (Phi) is 2.32. The smallest absolute Gasteiger partial charge is 0.0616 e. The summed E-state index contributed by atoms with van der Waals surface area (Å²) in [6.45, 7) is 0. The number of benzene rings is 3. The van der Waals surface area contributed by atoms with Crippen molar-refractivity contribution in [1.29, 1.82) is 0 Å². The van der Waals surface area contributed by atoms with Gasteiger partial charge in [-0.25, -0.2) is 0 Å². The van der Waals surface area contributed by atoms with Crippen LogP contribution in [0.4, 0.5) is 0 Å². The van der Waals surface area contributed by atoms with E-state index in [1.807, 2.05) is 6.08 Å². The van der Waals surface area contributed by atoms with Crippen LogP contribution in [-0.2, 0) is 0 Å². The molecule has 1 aliphatic rings. The number of halogens is 1. The second kappa shape index (κ2) is 4.03. The third-order valence-electron chi connectivity index (χ3n) is 3.64. The Bertz CT molecular complexity index is 870. The van der Waals surface area contributed by atoms with Gasteiger partial charge in [0.1, 0.15) is 23.3 Å². The highest BCUT2D eigenvalue weighted by atomic mass is 79.9. The Morgan fingerprint density at radius 1 is 0.789 bits per heavy atom. The predicted molar refractivity (Wildman–Crippen MR) is 85.9 cm³/mol. The van der Waals surface area contributed by atoms with Crippen molar-refractivity contribution in [3.63, 3.8) is 0 Å². The van der Waals surface area contributed by atoms with Crippen LogP contribution in [0.3, 0.4) is 0 Å². The molecule has 3 aromatic rings. The van der Waals surface area contributed by atoms with Crippen molar-refractivity contribution in [3.8, 4) is 0 Å². The van der Waals surface area contributed by atoms with E-state index >= 15 is 0 Å². The van der Waals surface area contributed by atoms with Gasteiger partial charge in [0.05, 0.1) is 6.08 Å². The molecule has 0 heterocycles. The lowest BCUT2D eigenvalue weighted by Gasteiger charge is -2.09. The fraction of sp³-hybridized carbons (Fsp3) is 0. The molecule has 88 valence electrons. The van der Waals surface area contributed by atoms with Gasteiger partial charge in [-0.05, 0) is 17.5 Å². The first-order chi connectivity index (χ1) is 9.34. The lowest BCUT2D eigenvalue weighted by molar-refractivity contribution is 1.66. The first-order valence-electron chi connectivity index (χ1n) is 6.24. The van der Waals surface area contributed by atoms with Crippen LogP contribution in [0.25, 0.3) is 33.7 Å². The molecule has 0 saturated carbocycles. The maximum atomic E-state index is 3.57. The topological polar surface area (TPSA) is 0 Å². The summed E-state index contributed by atoms with van der Waals surface area (Å²) < 4.78 is 1.11. The minimum absolute atomic E-state index is 1.11. The summed E-state index contributed by atoms with van der Waals surface area (Å²) in [5.41, 5.74) is 2.55. The number of hydrogen-bond donors (Lipinski definition) is 0. The van der Waals surface area contributed by atoms with Crippen LogP contribution in [0.15, 0.2) is 53.0 Å². The minimum atomic E-state index is 1.11. The Morgan fingerprint density at radius 2 is 1.58 bits per heavy atom. The molecule has 1 heteroatoms.